The average molecular weight is 288 g/mol. The second-order valence-electron chi connectivity index (χ2n) is 5.31. The highest BCUT2D eigenvalue weighted by molar-refractivity contribution is 5.30. The molecule has 0 amide bonds. The molecule has 1 unspecified atom stereocenters. The van der Waals surface area contributed by atoms with Crippen LogP contribution in [0.5, 0.6) is 0 Å². The van der Waals surface area contributed by atoms with Gasteiger partial charge < -0.3 is 10.6 Å². The number of hydrogen-bond donors (Lipinski definition) is 1. The predicted octanol–water partition coefficient (Wildman–Crippen LogP) is 3.83. The van der Waals surface area contributed by atoms with Crippen LogP contribution in [-0.2, 0) is 6.18 Å². The number of likely N-dealkylation sites (N-methyl/N-ethyl adjacent to an activating group) is 1. The summed E-state index contributed by atoms with van der Waals surface area (Å²) in [6.07, 6.45) is -2.79. The standard InChI is InChI=1S/C15H23F3N2/c1-5-14(6-2,20(3)4)13(19)11-8-7-9-12(10-11)15(16,17)18/h7-10,13H,5-6,19H2,1-4H3. The molecule has 0 spiro atoms. The molecule has 20 heavy (non-hydrogen) atoms. The predicted molar refractivity (Wildman–Crippen MR) is 75.4 cm³/mol. The van der Waals surface area contributed by atoms with Crippen LogP contribution in [0.15, 0.2) is 24.3 Å². The molecule has 1 atom stereocenters. The molecule has 0 fully saturated rings. The van der Waals surface area contributed by atoms with Gasteiger partial charge in [-0.3, -0.25) is 0 Å². The minimum Gasteiger partial charge on any atom is -0.322 e. The Morgan fingerprint density at radius 1 is 1.15 bits per heavy atom. The van der Waals surface area contributed by atoms with E-state index < -0.39 is 17.8 Å². The molecule has 1 rings (SSSR count). The number of benzene rings is 1. The van der Waals surface area contributed by atoms with Crippen LogP contribution in [0.25, 0.3) is 0 Å². The first-order valence-electron chi connectivity index (χ1n) is 6.79. The van der Waals surface area contributed by atoms with Crippen LogP contribution in [0.4, 0.5) is 13.2 Å². The Morgan fingerprint density at radius 3 is 2.10 bits per heavy atom. The summed E-state index contributed by atoms with van der Waals surface area (Å²) >= 11 is 0. The third kappa shape index (κ3) is 3.15. The highest BCUT2D eigenvalue weighted by Crippen LogP contribution is 2.36. The van der Waals surface area contributed by atoms with Crippen molar-refractivity contribution in [2.45, 2.75) is 44.4 Å². The molecular weight excluding hydrogens is 265 g/mol. The van der Waals surface area contributed by atoms with E-state index in [1.807, 2.05) is 32.8 Å². The van der Waals surface area contributed by atoms with Gasteiger partial charge in [-0.15, -0.1) is 0 Å². The number of rotatable bonds is 5. The van der Waals surface area contributed by atoms with Crippen molar-refractivity contribution in [2.24, 2.45) is 5.73 Å². The van der Waals surface area contributed by atoms with Crippen LogP contribution >= 0.6 is 0 Å². The molecule has 2 N–H and O–H groups in total. The third-order valence-electron chi connectivity index (χ3n) is 4.27. The SMILES string of the molecule is CCC(CC)(C(N)c1cccc(C(F)(F)F)c1)N(C)C. The molecule has 1 aromatic rings. The van der Waals surface area contributed by atoms with E-state index in [-0.39, 0.29) is 5.54 Å². The van der Waals surface area contributed by atoms with Crippen molar-refractivity contribution in [3.05, 3.63) is 35.4 Å². The summed E-state index contributed by atoms with van der Waals surface area (Å²) in [5, 5.41) is 0. The summed E-state index contributed by atoms with van der Waals surface area (Å²) in [6.45, 7) is 4.02. The molecule has 0 saturated carbocycles. The van der Waals surface area contributed by atoms with Gasteiger partial charge in [0.1, 0.15) is 0 Å². The van der Waals surface area contributed by atoms with Crippen molar-refractivity contribution >= 4 is 0 Å². The van der Waals surface area contributed by atoms with Gasteiger partial charge in [-0.1, -0.05) is 26.0 Å². The molecular formula is C15H23F3N2. The maximum atomic E-state index is 12.8. The van der Waals surface area contributed by atoms with E-state index >= 15 is 0 Å². The number of nitrogens with two attached hydrogens (primary N) is 1. The lowest BCUT2D eigenvalue weighted by Gasteiger charge is -2.43. The van der Waals surface area contributed by atoms with Crippen LogP contribution in [0.2, 0.25) is 0 Å². The highest BCUT2D eigenvalue weighted by Gasteiger charge is 2.38. The molecule has 0 aliphatic rings. The average Bonchev–Trinajstić information content (AvgIpc) is 2.39. The Kier molecular flexibility index (Phi) is 5.21. The van der Waals surface area contributed by atoms with E-state index in [0.29, 0.717) is 5.56 Å². The Balaban J connectivity index is 3.23. The van der Waals surface area contributed by atoms with Crippen molar-refractivity contribution in [1.29, 1.82) is 0 Å². The Bertz CT molecular complexity index is 437. The quantitative estimate of drug-likeness (QED) is 0.892. The number of nitrogens with zero attached hydrogens (tertiary/aromatic N) is 1. The number of halogens is 3. The van der Waals surface area contributed by atoms with E-state index in [1.54, 1.807) is 6.07 Å². The van der Waals surface area contributed by atoms with Crippen LogP contribution in [0, 0.1) is 0 Å². The number of hydrogen-bond acceptors (Lipinski definition) is 2. The molecule has 0 bridgehead atoms. The van der Waals surface area contributed by atoms with Crippen molar-refractivity contribution in [1.82, 2.24) is 4.90 Å². The molecule has 114 valence electrons. The maximum Gasteiger partial charge on any atom is 0.416 e. The Hall–Kier alpha value is -1.07. The lowest BCUT2D eigenvalue weighted by atomic mass is 9.80. The van der Waals surface area contributed by atoms with Crippen LogP contribution in [0.1, 0.15) is 43.9 Å². The van der Waals surface area contributed by atoms with Gasteiger partial charge in [-0.25, -0.2) is 0 Å². The molecule has 2 nitrogen and oxygen atoms in total. The van der Waals surface area contributed by atoms with Crippen molar-refractivity contribution in [2.75, 3.05) is 14.1 Å². The smallest absolute Gasteiger partial charge is 0.322 e. The van der Waals surface area contributed by atoms with Crippen molar-refractivity contribution in [3.8, 4) is 0 Å². The molecule has 0 aliphatic heterocycles. The summed E-state index contributed by atoms with van der Waals surface area (Å²) in [4.78, 5) is 2.01. The minimum atomic E-state index is -4.34. The van der Waals surface area contributed by atoms with E-state index in [9.17, 15) is 13.2 Å². The zero-order valence-electron chi connectivity index (χ0n) is 12.5. The first kappa shape index (κ1) is 17.0. The largest absolute Gasteiger partial charge is 0.416 e. The molecule has 0 aromatic heterocycles. The Morgan fingerprint density at radius 2 is 1.70 bits per heavy atom. The summed E-state index contributed by atoms with van der Waals surface area (Å²) in [7, 11) is 3.83. The van der Waals surface area contributed by atoms with E-state index in [4.69, 9.17) is 5.73 Å². The molecule has 0 radical (unpaired) electrons. The molecule has 5 heteroatoms. The highest BCUT2D eigenvalue weighted by atomic mass is 19.4. The molecule has 0 heterocycles. The maximum absolute atomic E-state index is 12.8. The van der Waals surface area contributed by atoms with Gasteiger partial charge in [0.15, 0.2) is 0 Å². The van der Waals surface area contributed by atoms with Crippen molar-refractivity contribution < 1.29 is 13.2 Å². The molecule has 1 aromatic carbocycles. The van der Waals surface area contributed by atoms with Gasteiger partial charge in [0.2, 0.25) is 0 Å². The van der Waals surface area contributed by atoms with Crippen LogP contribution in [-0.4, -0.2) is 24.5 Å². The minimum absolute atomic E-state index is 0.343. The lowest BCUT2D eigenvalue weighted by molar-refractivity contribution is -0.137. The van der Waals surface area contributed by atoms with E-state index in [0.717, 1.165) is 25.0 Å². The fourth-order valence-electron chi connectivity index (χ4n) is 2.82. The van der Waals surface area contributed by atoms with Gasteiger partial charge in [0, 0.05) is 11.6 Å². The fourth-order valence-corrected chi connectivity index (χ4v) is 2.82. The number of alkyl halides is 3. The molecule has 0 aliphatic carbocycles. The summed E-state index contributed by atoms with van der Waals surface area (Å²) < 4.78 is 38.4. The zero-order chi connectivity index (χ0) is 15.6. The third-order valence-corrected chi connectivity index (χ3v) is 4.27. The fraction of sp³-hybridized carbons (Fsp3) is 0.600. The van der Waals surface area contributed by atoms with E-state index in [1.165, 1.54) is 6.07 Å². The van der Waals surface area contributed by atoms with Gasteiger partial charge in [0.05, 0.1) is 5.56 Å². The monoisotopic (exact) mass is 288 g/mol. The Labute approximate surface area is 118 Å². The summed E-state index contributed by atoms with van der Waals surface area (Å²) in [5.41, 5.74) is 5.83. The molecule has 0 saturated heterocycles. The topological polar surface area (TPSA) is 29.3 Å². The first-order valence-corrected chi connectivity index (χ1v) is 6.79. The van der Waals surface area contributed by atoms with Crippen LogP contribution < -0.4 is 5.73 Å². The van der Waals surface area contributed by atoms with Gasteiger partial charge in [-0.2, -0.15) is 13.2 Å². The summed E-state index contributed by atoms with van der Waals surface area (Å²) in [6, 6.07) is 4.86. The normalized spacial score (nSPS) is 14.7. The second kappa shape index (κ2) is 6.14. The van der Waals surface area contributed by atoms with Gasteiger partial charge in [-0.05, 0) is 44.6 Å². The van der Waals surface area contributed by atoms with Crippen LogP contribution in [0.3, 0.4) is 0 Å². The lowest BCUT2D eigenvalue weighted by Crippen LogP contribution is -2.51. The van der Waals surface area contributed by atoms with Gasteiger partial charge in [0.25, 0.3) is 0 Å². The first-order chi connectivity index (χ1) is 9.19. The summed E-state index contributed by atoms with van der Waals surface area (Å²) in [5.74, 6) is 0. The second-order valence-corrected chi connectivity index (χ2v) is 5.31. The van der Waals surface area contributed by atoms with Gasteiger partial charge >= 0.3 is 6.18 Å². The zero-order valence-corrected chi connectivity index (χ0v) is 12.5. The van der Waals surface area contributed by atoms with E-state index in [2.05, 4.69) is 0 Å². The van der Waals surface area contributed by atoms with Crippen molar-refractivity contribution in [3.63, 3.8) is 0 Å².